The Hall–Kier alpha value is -2.94. The first-order chi connectivity index (χ1) is 15.3. The molecular formula is C28H38N2O. The first kappa shape index (κ1) is 26.1. The number of nitrogens with one attached hydrogen (secondary N) is 1. The minimum atomic E-state index is 0.0726. The molecule has 0 fully saturated rings. The molecule has 0 radical (unpaired) electrons. The van der Waals surface area contributed by atoms with Crippen LogP contribution in [0.25, 0.3) is 0 Å². The summed E-state index contributed by atoms with van der Waals surface area (Å²) in [5.41, 5.74) is 1.02. The maximum atomic E-state index is 11.8. The van der Waals surface area contributed by atoms with Gasteiger partial charge in [0.15, 0.2) is 0 Å². The van der Waals surface area contributed by atoms with Crippen molar-refractivity contribution in [2.45, 2.75) is 64.8 Å². The summed E-state index contributed by atoms with van der Waals surface area (Å²) in [5.74, 6) is 0.0726. The van der Waals surface area contributed by atoms with Gasteiger partial charge >= 0.3 is 0 Å². The highest BCUT2D eigenvalue weighted by molar-refractivity contribution is 5.75. The smallest absolute Gasteiger partial charge is 0.220 e. The van der Waals surface area contributed by atoms with Gasteiger partial charge in [-0.2, -0.15) is 0 Å². The van der Waals surface area contributed by atoms with Crippen LogP contribution in [0, 0.1) is 0 Å². The summed E-state index contributed by atoms with van der Waals surface area (Å²) in [4.78, 5) is 15.8. The van der Waals surface area contributed by atoms with Crippen molar-refractivity contribution in [1.29, 1.82) is 0 Å². The van der Waals surface area contributed by atoms with Crippen LogP contribution in [0.3, 0.4) is 0 Å². The van der Waals surface area contributed by atoms with E-state index >= 15 is 0 Å². The standard InChI is InChI=1S/C28H38N2O/c1-2-3-4-5-6-7-8-9-10-11-12-13-14-15-16-17-18-19-20-23-28(31)30-26-27-22-21-24-29-25-27/h3-4,6-7,9-10,12-13,15-16,18-19,21-22,24-25H,2,5,8,11,14,17,20,23,26H2,1H3,(H,30,31). The molecule has 1 heterocycles. The Morgan fingerprint density at radius 3 is 1.81 bits per heavy atom. The second-order valence-corrected chi connectivity index (χ2v) is 7.09. The van der Waals surface area contributed by atoms with Crippen LogP contribution in [0.4, 0.5) is 0 Å². The average molecular weight is 419 g/mol. The SMILES string of the molecule is CCC=CCC=CCC=CCC=CCC=CCC=CCCC(=O)NCc1cccnc1. The highest BCUT2D eigenvalue weighted by Gasteiger charge is 1.99. The number of hydrogen-bond acceptors (Lipinski definition) is 2. The van der Waals surface area contributed by atoms with E-state index in [1.165, 1.54) is 0 Å². The first-order valence-corrected chi connectivity index (χ1v) is 11.4. The lowest BCUT2D eigenvalue weighted by Crippen LogP contribution is -2.22. The van der Waals surface area contributed by atoms with Crippen molar-refractivity contribution < 1.29 is 4.79 Å². The molecule has 0 aromatic carbocycles. The molecule has 1 aromatic rings. The van der Waals surface area contributed by atoms with Gasteiger partial charge in [-0.3, -0.25) is 9.78 Å². The second kappa shape index (κ2) is 20.3. The molecule has 0 spiro atoms. The fraction of sp³-hybridized carbons (Fsp3) is 0.357. The molecule has 0 bridgehead atoms. The molecule has 0 aliphatic rings. The topological polar surface area (TPSA) is 42.0 Å². The number of carbonyl (C=O) groups is 1. The highest BCUT2D eigenvalue weighted by Crippen LogP contribution is 1.99. The molecule has 0 saturated carbocycles. The summed E-state index contributed by atoms with van der Waals surface area (Å²) >= 11 is 0. The normalized spacial score (nSPS) is 12.5. The maximum absolute atomic E-state index is 11.8. The fourth-order valence-corrected chi connectivity index (χ4v) is 2.65. The zero-order valence-electron chi connectivity index (χ0n) is 19.0. The number of rotatable bonds is 16. The third-order valence-electron chi connectivity index (χ3n) is 4.35. The molecule has 3 nitrogen and oxygen atoms in total. The van der Waals surface area contributed by atoms with Gasteiger partial charge in [0.25, 0.3) is 0 Å². The van der Waals surface area contributed by atoms with E-state index in [9.17, 15) is 4.79 Å². The lowest BCUT2D eigenvalue weighted by atomic mass is 10.2. The molecule has 1 rings (SSSR count). The van der Waals surface area contributed by atoms with Crippen molar-refractivity contribution in [3.63, 3.8) is 0 Å². The largest absolute Gasteiger partial charge is 0.352 e. The predicted molar refractivity (Wildman–Crippen MR) is 134 cm³/mol. The monoisotopic (exact) mass is 418 g/mol. The Labute approximate surface area is 189 Å². The number of nitrogens with zero attached hydrogens (tertiary/aromatic N) is 1. The van der Waals surface area contributed by atoms with Crippen LogP contribution < -0.4 is 5.32 Å². The summed E-state index contributed by atoms with van der Waals surface area (Å²) in [6.45, 7) is 2.69. The van der Waals surface area contributed by atoms with E-state index in [-0.39, 0.29) is 5.91 Å². The Bertz CT molecular complexity index is 740. The van der Waals surface area contributed by atoms with Crippen molar-refractivity contribution in [3.05, 3.63) is 103 Å². The van der Waals surface area contributed by atoms with Crippen LogP contribution in [0.2, 0.25) is 0 Å². The molecule has 1 N–H and O–H groups in total. The van der Waals surface area contributed by atoms with Crippen molar-refractivity contribution in [3.8, 4) is 0 Å². The fourth-order valence-electron chi connectivity index (χ4n) is 2.65. The predicted octanol–water partition coefficient (Wildman–Crippen LogP) is 7.18. The van der Waals surface area contributed by atoms with Crippen molar-refractivity contribution in [1.82, 2.24) is 10.3 Å². The average Bonchev–Trinajstić information content (AvgIpc) is 2.80. The zero-order valence-corrected chi connectivity index (χ0v) is 19.0. The van der Waals surface area contributed by atoms with Gasteiger partial charge in [-0.05, 0) is 56.6 Å². The highest BCUT2D eigenvalue weighted by atomic mass is 16.1. The molecular weight excluding hydrogens is 380 g/mol. The number of hydrogen-bond donors (Lipinski definition) is 1. The number of allylic oxidation sites excluding steroid dienone is 12. The van der Waals surface area contributed by atoms with Crippen molar-refractivity contribution in [2.24, 2.45) is 0 Å². The Kier molecular flexibility index (Phi) is 17.1. The maximum Gasteiger partial charge on any atom is 0.220 e. The molecule has 1 aromatic heterocycles. The quantitative estimate of drug-likeness (QED) is 0.289. The summed E-state index contributed by atoms with van der Waals surface area (Å²) in [5, 5.41) is 2.91. The Balaban J connectivity index is 1.96. The minimum absolute atomic E-state index is 0.0726. The third kappa shape index (κ3) is 17.6. The second-order valence-electron chi connectivity index (χ2n) is 7.09. The van der Waals surface area contributed by atoms with Gasteiger partial charge in [0.05, 0.1) is 0 Å². The molecule has 3 heteroatoms. The van der Waals surface area contributed by atoms with Gasteiger partial charge in [-0.25, -0.2) is 0 Å². The summed E-state index contributed by atoms with van der Waals surface area (Å²) in [6, 6.07) is 3.83. The summed E-state index contributed by atoms with van der Waals surface area (Å²) in [7, 11) is 0. The van der Waals surface area contributed by atoms with Crippen LogP contribution in [-0.2, 0) is 11.3 Å². The zero-order chi connectivity index (χ0) is 22.2. The van der Waals surface area contributed by atoms with Gasteiger partial charge in [0.2, 0.25) is 5.91 Å². The molecule has 166 valence electrons. The molecule has 0 saturated heterocycles. The van der Waals surface area contributed by atoms with E-state index < -0.39 is 0 Å². The van der Waals surface area contributed by atoms with Crippen LogP contribution in [-0.4, -0.2) is 10.9 Å². The van der Waals surface area contributed by atoms with E-state index in [1.54, 1.807) is 12.4 Å². The first-order valence-electron chi connectivity index (χ1n) is 11.4. The Morgan fingerprint density at radius 2 is 1.32 bits per heavy atom. The molecule has 31 heavy (non-hydrogen) atoms. The number of amides is 1. The van der Waals surface area contributed by atoms with Crippen LogP contribution >= 0.6 is 0 Å². The van der Waals surface area contributed by atoms with Crippen molar-refractivity contribution >= 4 is 5.91 Å². The summed E-state index contributed by atoms with van der Waals surface area (Å²) in [6.07, 6.45) is 37.0. The summed E-state index contributed by atoms with van der Waals surface area (Å²) < 4.78 is 0. The lowest BCUT2D eigenvalue weighted by molar-refractivity contribution is -0.121. The van der Waals surface area contributed by atoms with Gasteiger partial charge in [0, 0.05) is 25.4 Å². The van der Waals surface area contributed by atoms with Gasteiger partial charge in [-0.1, -0.05) is 85.9 Å². The van der Waals surface area contributed by atoms with Crippen molar-refractivity contribution in [2.75, 3.05) is 0 Å². The third-order valence-corrected chi connectivity index (χ3v) is 4.35. The van der Waals surface area contributed by atoms with E-state index in [4.69, 9.17) is 0 Å². The minimum Gasteiger partial charge on any atom is -0.352 e. The molecule has 1 amide bonds. The van der Waals surface area contributed by atoms with Gasteiger partial charge in [0.1, 0.15) is 0 Å². The molecule has 0 atom stereocenters. The molecule has 0 aliphatic carbocycles. The van der Waals surface area contributed by atoms with Gasteiger partial charge in [-0.15, -0.1) is 0 Å². The van der Waals surface area contributed by atoms with Crippen LogP contribution in [0.1, 0.15) is 63.9 Å². The van der Waals surface area contributed by atoms with E-state index in [0.29, 0.717) is 13.0 Å². The van der Waals surface area contributed by atoms with Gasteiger partial charge < -0.3 is 5.32 Å². The van der Waals surface area contributed by atoms with Crippen LogP contribution in [0.15, 0.2) is 97.4 Å². The number of carbonyl (C=O) groups excluding carboxylic acids is 1. The van der Waals surface area contributed by atoms with E-state index in [2.05, 4.69) is 90.1 Å². The lowest BCUT2D eigenvalue weighted by Gasteiger charge is -2.03. The molecule has 0 unspecified atom stereocenters. The Morgan fingerprint density at radius 1 is 0.806 bits per heavy atom. The van der Waals surface area contributed by atoms with E-state index in [0.717, 1.165) is 50.5 Å². The van der Waals surface area contributed by atoms with E-state index in [1.807, 2.05) is 12.1 Å². The number of pyridine rings is 1. The molecule has 0 aliphatic heterocycles. The van der Waals surface area contributed by atoms with Crippen LogP contribution in [0.5, 0.6) is 0 Å². The number of aromatic nitrogens is 1.